The van der Waals surface area contributed by atoms with Crippen LogP contribution in [0.25, 0.3) is 5.69 Å². The van der Waals surface area contributed by atoms with Gasteiger partial charge in [-0.05, 0) is 30.3 Å². The standard InChI is InChI=1S/C19H15ClFN3O4/c1-28-16-5-3-2-4-15(16)24-9-8-23(18(26)19(24)27)11-17(25)22-14-10-12(21)6-7-13(14)20/h2-10H,11H2,1H3,(H,22,25). The lowest BCUT2D eigenvalue weighted by atomic mass is 10.3. The van der Waals surface area contributed by atoms with Gasteiger partial charge in [-0.2, -0.15) is 0 Å². The highest BCUT2D eigenvalue weighted by Crippen LogP contribution is 2.22. The molecule has 1 heterocycles. The Morgan fingerprint density at radius 3 is 2.64 bits per heavy atom. The van der Waals surface area contributed by atoms with E-state index in [0.717, 1.165) is 21.3 Å². The number of hydrogen-bond donors (Lipinski definition) is 1. The Labute approximate surface area is 163 Å². The molecule has 0 aliphatic carbocycles. The second kappa shape index (κ2) is 8.10. The van der Waals surface area contributed by atoms with Gasteiger partial charge in [0.15, 0.2) is 0 Å². The minimum absolute atomic E-state index is 0.0714. The summed E-state index contributed by atoms with van der Waals surface area (Å²) in [5.74, 6) is -0.791. The van der Waals surface area contributed by atoms with E-state index in [1.807, 2.05) is 0 Å². The quantitative estimate of drug-likeness (QED) is 0.663. The van der Waals surface area contributed by atoms with Crippen LogP contribution in [0.1, 0.15) is 0 Å². The fraction of sp³-hybridized carbons (Fsp3) is 0.105. The van der Waals surface area contributed by atoms with Crippen molar-refractivity contribution in [2.45, 2.75) is 6.54 Å². The van der Waals surface area contributed by atoms with Gasteiger partial charge in [-0.15, -0.1) is 0 Å². The first kappa shape index (κ1) is 19.4. The van der Waals surface area contributed by atoms with Crippen LogP contribution in [0.15, 0.2) is 64.4 Å². The van der Waals surface area contributed by atoms with Crippen molar-refractivity contribution in [2.24, 2.45) is 0 Å². The van der Waals surface area contributed by atoms with Crippen molar-refractivity contribution in [2.75, 3.05) is 12.4 Å². The molecule has 1 amide bonds. The number of ether oxygens (including phenoxy) is 1. The van der Waals surface area contributed by atoms with Crippen molar-refractivity contribution < 1.29 is 13.9 Å². The molecule has 0 radical (unpaired) electrons. The van der Waals surface area contributed by atoms with Crippen LogP contribution in [0.5, 0.6) is 5.75 Å². The van der Waals surface area contributed by atoms with E-state index in [0.29, 0.717) is 11.4 Å². The molecule has 3 aromatic rings. The first-order chi connectivity index (χ1) is 13.4. The molecule has 0 bridgehead atoms. The topological polar surface area (TPSA) is 82.3 Å². The number of amides is 1. The summed E-state index contributed by atoms with van der Waals surface area (Å²) in [5, 5.41) is 2.56. The molecule has 0 spiro atoms. The van der Waals surface area contributed by atoms with Crippen molar-refractivity contribution in [3.63, 3.8) is 0 Å². The summed E-state index contributed by atoms with van der Waals surface area (Å²) in [6, 6.07) is 10.2. The van der Waals surface area contributed by atoms with Crippen molar-refractivity contribution in [1.29, 1.82) is 0 Å². The molecule has 0 aliphatic rings. The Morgan fingerprint density at radius 2 is 1.89 bits per heavy atom. The molecule has 0 fully saturated rings. The van der Waals surface area contributed by atoms with Crippen molar-refractivity contribution in [1.82, 2.24) is 9.13 Å². The first-order valence-electron chi connectivity index (χ1n) is 8.11. The fourth-order valence-electron chi connectivity index (χ4n) is 2.59. The number of nitrogens with zero attached hydrogens (tertiary/aromatic N) is 2. The van der Waals surface area contributed by atoms with Gasteiger partial charge < -0.3 is 10.1 Å². The van der Waals surface area contributed by atoms with E-state index in [1.165, 1.54) is 25.6 Å². The van der Waals surface area contributed by atoms with Crippen molar-refractivity contribution >= 4 is 23.2 Å². The highest BCUT2D eigenvalue weighted by atomic mass is 35.5. The van der Waals surface area contributed by atoms with Gasteiger partial charge in [0.1, 0.15) is 18.1 Å². The van der Waals surface area contributed by atoms with Crippen molar-refractivity contribution in [3.8, 4) is 11.4 Å². The van der Waals surface area contributed by atoms with Gasteiger partial charge in [-0.3, -0.25) is 23.5 Å². The fourth-order valence-corrected chi connectivity index (χ4v) is 2.75. The Bertz CT molecular complexity index is 1160. The minimum atomic E-state index is -0.895. The average molecular weight is 404 g/mol. The van der Waals surface area contributed by atoms with E-state index >= 15 is 0 Å². The van der Waals surface area contributed by atoms with Gasteiger partial charge in [0.05, 0.1) is 23.5 Å². The van der Waals surface area contributed by atoms with Crippen LogP contribution in [0.2, 0.25) is 5.02 Å². The molecule has 2 aromatic carbocycles. The summed E-state index contributed by atoms with van der Waals surface area (Å²) in [6.45, 7) is -0.437. The van der Waals surface area contributed by atoms with Gasteiger partial charge in [-0.25, -0.2) is 4.39 Å². The zero-order valence-electron chi connectivity index (χ0n) is 14.7. The Morgan fingerprint density at radius 1 is 1.14 bits per heavy atom. The lowest BCUT2D eigenvalue weighted by molar-refractivity contribution is -0.116. The van der Waals surface area contributed by atoms with E-state index in [4.69, 9.17) is 16.3 Å². The van der Waals surface area contributed by atoms with Crippen LogP contribution in [0.3, 0.4) is 0 Å². The second-order valence-electron chi connectivity index (χ2n) is 5.75. The van der Waals surface area contributed by atoms with E-state index in [9.17, 15) is 18.8 Å². The number of nitrogens with one attached hydrogen (secondary N) is 1. The van der Waals surface area contributed by atoms with Crippen molar-refractivity contribution in [3.05, 3.63) is 86.4 Å². The number of hydrogen-bond acceptors (Lipinski definition) is 4. The maximum atomic E-state index is 13.3. The molecule has 0 unspecified atom stereocenters. The lowest BCUT2D eigenvalue weighted by Gasteiger charge is -2.12. The van der Waals surface area contributed by atoms with E-state index < -0.39 is 29.4 Å². The number of carbonyl (C=O) groups is 1. The minimum Gasteiger partial charge on any atom is -0.495 e. The molecule has 0 saturated heterocycles. The number of aromatic nitrogens is 2. The molecular formula is C19H15ClFN3O4. The Balaban J connectivity index is 1.87. The van der Waals surface area contributed by atoms with Crippen LogP contribution < -0.4 is 21.2 Å². The van der Waals surface area contributed by atoms with Crippen LogP contribution in [0.4, 0.5) is 10.1 Å². The monoisotopic (exact) mass is 403 g/mol. The zero-order valence-corrected chi connectivity index (χ0v) is 15.4. The third-order valence-corrected chi connectivity index (χ3v) is 4.25. The number of benzene rings is 2. The van der Waals surface area contributed by atoms with Crippen LogP contribution in [0, 0.1) is 5.82 Å². The van der Waals surface area contributed by atoms with Gasteiger partial charge in [0.25, 0.3) is 0 Å². The molecule has 0 atom stereocenters. The maximum Gasteiger partial charge on any atom is 0.321 e. The third-order valence-electron chi connectivity index (χ3n) is 3.92. The smallest absolute Gasteiger partial charge is 0.321 e. The first-order valence-corrected chi connectivity index (χ1v) is 8.49. The number of halogens is 2. The molecule has 28 heavy (non-hydrogen) atoms. The van der Waals surface area contributed by atoms with E-state index in [1.54, 1.807) is 24.3 Å². The largest absolute Gasteiger partial charge is 0.495 e. The summed E-state index contributed by atoms with van der Waals surface area (Å²) < 4.78 is 20.6. The Kier molecular flexibility index (Phi) is 5.60. The van der Waals surface area contributed by atoms with Crippen LogP contribution in [-0.4, -0.2) is 22.2 Å². The number of methoxy groups -OCH3 is 1. The Hall–Kier alpha value is -3.39. The predicted octanol–water partition coefficient (Wildman–Crippen LogP) is 2.44. The molecule has 0 aliphatic heterocycles. The average Bonchev–Trinajstić information content (AvgIpc) is 2.68. The summed E-state index contributed by atoms with van der Waals surface area (Å²) in [5.41, 5.74) is -1.27. The zero-order chi connectivity index (χ0) is 20.3. The normalized spacial score (nSPS) is 10.5. The van der Waals surface area contributed by atoms with Gasteiger partial charge in [0, 0.05) is 12.4 Å². The molecule has 3 rings (SSSR count). The number of para-hydroxylation sites is 2. The molecule has 7 nitrogen and oxygen atoms in total. The second-order valence-corrected chi connectivity index (χ2v) is 6.16. The number of carbonyl (C=O) groups excluding carboxylic acids is 1. The molecule has 1 N–H and O–H groups in total. The predicted molar refractivity (Wildman–Crippen MR) is 103 cm³/mol. The molecule has 9 heteroatoms. The summed E-state index contributed by atoms with van der Waals surface area (Å²) >= 11 is 5.90. The summed E-state index contributed by atoms with van der Waals surface area (Å²) in [4.78, 5) is 37.0. The molecule has 1 aromatic heterocycles. The molecule has 144 valence electrons. The van der Waals surface area contributed by atoms with Gasteiger partial charge >= 0.3 is 11.1 Å². The third kappa shape index (κ3) is 3.96. The number of rotatable bonds is 5. The van der Waals surface area contributed by atoms with Crippen LogP contribution in [-0.2, 0) is 11.3 Å². The highest BCUT2D eigenvalue weighted by molar-refractivity contribution is 6.33. The van der Waals surface area contributed by atoms with E-state index in [-0.39, 0.29) is 10.7 Å². The highest BCUT2D eigenvalue weighted by Gasteiger charge is 2.13. The summed E-state index contributed by atoms with van der Waals surface area (Å²) in [7, 11) is 1.45. The van der Waals surface area contributed by atoms with Gasteiger partial charge in [0.2, 0.25) is 5.91 Å². The lowest BCUT2D eigenvalue weighted by Crippen LogP contribution is -2.41. The molecule has 0 saturated carbocycles. The van der Waals surface area contributed by atoms with E-state index in [2.05, 4.69) is 5.32 Å². The van der Waals surface area contributed by atoms with Gasteiger partial charge in [-0.1, -0.05) is 23.7 Å². The number of anilines is 1. The maximum absolute atomic E-state index is 13.3. The van der Waals surface area contributed by atoms with Crippen LogP contribution >= 0.6 is 11.6 Å². The molecular weight excluding hydrogens is 389 g/mol. The SMILES string of the molecule is COc1ccccc1-n1ccn(CC(=O)Nc2cc(F)ccc2Cl)c(=O)c1=O. The summed E-state index contributed by atoms with van der Waals surface area (Å²) in [6.07, 6.45) is 2.67.